The molecular weight excluding hydrogens is 462 g/mol. The molecule has 8 nitrogen and oxygen atoms in total. The van der Waals surface area contributed by atoms with E-state index in [1.807, 2.05) is 12.1 Å². The summed E-state index contributed by atoms with van der Waals surface area (Å²) in [7, 11) is -7.08. The number of benzene rings is 2. The summed E-state index contributed by atoms with van der Waals surface area (Å²) < 4.78 is 53.5. The lowest BCUT2D eigenvalue weighted by atomic mass is 9.99. The second-order valence-electron chi connectivity index (χ2n) is 8.16. The number of nitrogens with one attached hydrogen (secondary N) is 1. The molecule has 0 aliphatic carbocycles. The van der Waals surface area contributed by atoms with Crippen LogP contribution in [0.1, 0.15) is 49.0 Å². The van der Waals surface area contributed by atoms with E-state index in [1.54, 1.807) is 35.2 Å². The fraction of sp³-hybridized carbons (Fsp3) is 0.435. The Morgan fingerprint density at radius 1 is 0.970 bits per heavy atom. The molecule has 0 spiro atoms. The minimum Gasteiger partial charge on any atom is -0.336 e. The number of hydrogen-bond donors (Lipinski definition) is 1. The molecule has 180 valence electrons. The molecule has 1 unspecified atom stereocenters. The molecule has 0 aromatic heterocycles. The van der Waals surface area contributed by atoms with Crippen LogP contribution in [0.5, 0.6) is 0 Å². The smallest absolute Gasteiger partial charge is 0.254 e. The highest BCUT2D eigenvalue weighted by molar-refractivity contribution is 7.92. The van der Waals surface area contributed by atoms with Crippen LogP contribution in [0.2, 0.25) is 0 Å². The van der Waals surface area contributed by atoms with Crippen LogP contribution in [0.3, 0.4) is 0 Å². The Kier molecular flexibility index (Phi) is 7.81. The highest BCUT2D eigenvalue weighted by atomic mass is 32.2. The molecule has 2 aromatic carbocycles. The summed E-state index contributed by atoms with van der Waals surface area (Å²) in [6.45, 7) is 6.64. The summed E-state index contributed by atoms with van der Waals surface area (Å²) in [5.74, 6) is 0.0386. The van der Waals surface area contributed by atoms with Gasteiger partial charge in [0.2, 0.25) is 20.0 Å². The molecule has 2 aromatic rings. The molecule has 1 heterocycles. The quantitative estimate of drug-likeness (QED) is 0.609. The van der Waals surface area contributed by atoms with E-state index < -0.39 is 20.0 Å². The molecule has 3 rings (SSSR count). The van der Waals surface area contributed by atoms with Crippen molar-refractivity contribution >= 4 is 31.6 Å². The van der Waals surface area contributed by atoms with Crippen molar-refractivity contribution in [1.29, 1.82) is 0 Å². The number of piperazine rings is 1. The fourth-order valence-electron chi connectivity index (χ4n) is 3.63. The maximum atomic E-state index is 13.0. The van der Waals surface area contributed by atoms with Crippen molar-refractivity contribution < 1.29 is 21.6 Å². The van der Waals surface area contributed by atoms with Crippen molar-refractivity contribution in [2.24, 2.45) is 0 Å². The first kappa shape index (κ1) is 25.2. The first-order chi connectivity index (χ1) is 15.6. The van der Waals surface area contributed by atoms with Crippen LogP contribution >= 0.6 is 0 Å². The fourth-order valence-corrected chi connectivity index (χ4v) is 5.69. The van der Waals surface area contributed by atoms with Gasteiger partial charge in [0.1, 0.15) is 0 Å². The maximum absolute atomic E-state index is 13.0. The monoisotopic (exact) mass is 493 g/mol. The van der Waals surface area contributed by atoms with Crippen LogP contribution in [-0.4, -0.2) is 63.9 Å². The molecule has 1 saturated heterocycles. The number of carbonyl (C=O) groups excluding carboxylic acids is 1. The van der Waals surface area contributed by atoms with Gasteiger partial charge < -0.3 is 4.90 Å². The van der Waals surface area contributed by atoms with E-state index in [1.165, 1.54) is 17.3 Å². The van der Waals surface area contributed by atoms with E-state index in [0.29, 0.717) is 17.2 Å². The van der Waals surface area contributed by atoms with E-state index >= 15 is 0 Å². The maximum Gasteiger partial charge on any atom is 0.254 e. The Morgan fingerprint density at radius 3 is 2.18 bits per heavy atom. The largest absolute Gasteiger partial charge is 0.336 e. The number of hydrogen-bond acceptors (Lipinski definition) is 5. The van der Waals surface area contributed by atoms with Gasteiger partial charge in [0, 0.05) is 37.4 Å². The van der Waals surface area contributed by atoms with Gasteiger partial charge in [0.05, 0.1) is 10.6 Å². The first-order valence-corrected chi connectivity index (χ1v) is 14.2. The number of nitrogens with zero attached hydrogens (tertiary/aromatic N) is 2. The minimum absolute atomic E-state index is 0.0675. The molecular formula is C23H31N3O5S2. The normalized spacial score (nSPS) is 16.4. The van der Waals surface area contributed by atoms with Crippen LogP contribution in [0.25, 0.3) is 0 Å². The topological polar surface area (TPSA) is 104 Å². The van der Waals surface area contributed by atoms with Crippen molar-refractivity contribution in [3.8, 4) is 0 Å². The van der Waals surface area contributed by atoms with E-state index in [4.69, 9.17) is 0 Å². The molecule has 0 radical (unpaired) electrons. The predicted molar refractivity (Wildman–Crippen MR) is 129 cm³/mol. The lowest BCUT2D eigenvalue weighted by molar-refractivity contribution is 0.0698. The van der Waals surface area contributed by atoms with Crippen LogP contribution in [0.15, 0.2) is 53.4 Å². The summed E-state index contributed by atoms with van der Waals surface area (Å²) in [5, 5.41) is 0. The van der Waals surface area contributed by atoms with Gasteiger partial charge in [-0.15, -0.1) is 0 Å². The third-order valence-electron chi connectivity index (χ3n) is 5.99. The zero-order chi connectivity index (χ0) is 24.2. The van der Waals surface area contributed by atoms with Gasteiger partial charge in [-0.25, -0.2) is 16.8 Å². The Hall–Kier alpha value is -2.43. The molecule has 0 bridgehead atoms. The summed E-state index contributed by atoms with van der Waals surface area (Å²) in [6.07, 6.45) is 0.982. The van der Waals surface area contributed by atoms with E-state index in [-0.39, 0.29) is 42.7 Å². The molecule has 1 atom stereocenters. The van der Waals surface area contributed by atoms with Crippen LogP contribution in [-0.2, 0) is 20.0 Å². The molecule has 1 aliphatic heterocycles. The lowest BCUT2D eigenvalue weighted by Crippen LogP contribution is -2.50. The standard InChI is InChI=1S/C23H31N3O5S2/c1-4-18(3)19-9-11-22(12-10-19)33(30,31)26-15-13-25(14-16-26)23(27)20-7-6-8-21(17-20)24-32(28,29)5-2/h6-12,17-18,24H,4-5,13-16H2,1-3H3. The number of sulfonamides is 2. The molecule has 1 fully saturated rings. The Morgan fingerprint density at radius 2 is 1.61 bits per heavy atom. The Bertz CT molecular complexity index is 1190. The molecule has 1 amide bonds. The summed E-state index contributed by atoms with van der Waals surface area (Å²) in [6, 6.07) is 13.3. The summed E-state index contributed by atoms with van der Waals surface area (Å²) in [4.78, 5) is 14.8. The van der Waals surface area contributed by atoms with Crippen LogP contribution < -0.4 is 4.72 Å². The zero-order valence-electron chi connectivity index (χ0n) is 19.2. The van der Waals surface area contributed by atoms with Crippen LogP contribution in [0.4, 0.5) is 5.69 Å². The van der Waals surface area contributed by atoms with Gasteiger partial charge in [-0.3, -0.25) is 9.52 Å². The molecule has 33 heavy (non-hydrogen) atoms. The third-order valence-corrected chi connectivity index (χ3v) is 9.21. The average Bonchev–Trinajstić information content (AvgIpc) is 2.83. The van der Waals surface area contributed by atoms with Gasteiger partial charge >= 0.3 is 0 Å². The molecule has 0 saturated carbocycles. The summed E-state index contributed by atoms with van der Waals surface area (Å²) >= 11 is 0. The second kappa shape index (κ2) is 10.2. The number of amides is 1. The third kappa shape index (κ3) is 5.93. The van der Waals surface area contributed by atoms with Gasteiger partial charge in [0.15, 0.2) is 0 Å². The van der Waals surface area contributed by atoms with E-state index in [2.05, 4.69) is 18.6 Å². The zero-order valence-corrected chi connectivity index (χ0v) is 20.8. The lowest BCUT2D eigenvalue weighted by Gasteiger charge is -2.34. The number of anilines is 1. The number of carbonyl (C=O) groups is 1. The first-order valence-electron chi connectivity index (χ1n) is 11.1. The van der Waals surface area contributed by atoms with Crippen molar-refractivity contribution in [2.45, 2.75) is 38.0 Å². The Balaban J connectivity index is 1.66. The minimum atomic E-state index is -3.64. The summed E-state index contributed by atoms with van der Waals surface area (Å²) in [5.41, 5.74) is 1.78. The van der Waals surface area contributed by atoms with E-state index in [0.717, 1.165) is 12.0 Å². The SMILES string of the molecule is CCC(C)c1ccc(S(=O)(=O)N2CCN(C(=O)c3cccc(NS(=O)(=O)CC)c3)CC2)cc1. The predicted octanol–water partition coefficient (Wildman–Crippen LogP) is 3.11. The highest BCUT2D eigenvalue weighted by Crippen LogP contribution is 2.23. The van der Waals surface area contributed by atoms with Crippen molar-refractivity contribution in [2.75, 3.05) is 36.7 Å². The van der Waals surface area contributed by atoms with Crippen molar-refractivity contribution in [1.82, 2.24) is 9.21 Å². The molecule has 10 heteroatoms. The second-order valence-corrected chi connectivity index (χ2v) is 12.1. The van der Waals surface area contributed by atoms with Crippen LogP contribution in [0, 0.1) is 0 Å². The molecule has 1 N–H and O–H groups in total. The van der Waals surface area contributed by atoms with Crippen molar-refractivity contribution in [3.05, 3.63) is 59.7 Å². The van der Waals surface area contributed by atoms with E-state index in [9.17, 15) is 21.6 Å². The van der Waals surface area contributed by atoms with Gasteiger partial charge in [0.25, 0.3) is 5.91 Å². The highest BCUT2D eigenvalue weighted by Gasteiger charge is 2.30. The van der Waals surface area contributed by atoms with Gasteiger partial charge in [-0.2, -0.15) is 4.31 Å². The average molecular weight is 494 g/mol. The van der Waals surface area contributed by atoms with Crippen molar-refractivity contribution in [3.63, 3.8) is 0 Å². The Labute approximate surface area is 196 Å². The number of rotatable bonds is 8. The van der Waals surface area contributed by atoms with Gasteiger partial charge in [-0.1, -0.05) is 32.0 Å². The van der Waals surface area contributed by atoms with Gasteiger partial charge in [-0.05, 0) is 55.2 Å². The molecule has 1 aliphatic rings.